The van der Waals surface area contributed by atoms with E-state index in [4.69, 9.17) is 0 Å². The lowest BCUT2D eigenvalue weighted by atomic mass is 10.3. The molecule has 116 valence electrons. The van der Waals surface area contributed by atoms with Gasteiger partial charge in [0.15, 0.2) is 11.5 Å². The smallest absolute Gasteiger partial charge is 0.180 e. The normalized spacial score (nSPS) is 11.2. The number of benzene rings is 2. The summed E-state index contributed by atoms with van der Waals surface area (Å²) in [4.78, 5) is 4.30. The van der Waals surface area contributed by atoms with Crippen LogP contribution < -0.4 is 5.01 Å². The van der Waals surface area contributed by atoms with Gasteiger partial charge in [0.1, 0.15) is 0 Å². The molecule has 0 spiro atoms. The van der Waals surface area contributed by atoms with E-state index in [0.29, 0.717) is 5.82 Å². The standard InChI is InChI=1S/C18H14N6/c1-3-8-15(9-4-1)20-22-24(16-10-5-2-6-11-16)18-14-17-19-12-7-13-23(17)21-18/h1-14H. The lowest BCUT2D eigenvalue weighted by Gasteiger charge is -2.14. The summed E-state index contributed by atoms with van der Waals surface area (Å²) in [6, 6.07) is 23.1. The third kappa shape index (κ3) is 2.85. The van der Waals surface area contributed by atoms with Crippen molar-refractivity contribution >= 4 is 22.8 Å². The molecule has 0 saturated heterocycles. The summed E-state index contributed by atoms with van der Waals surface area (Å²) in [7, 11) is 0. The third-order valence-electron chi connectivity index (χ3n) is 3.45. The Balaban J connectivity index is 1.77. The van der Waals surface area contributed by atoms with Gasteiger partial charge in [0.2, 0.25) is 0 Å². The van der Waals surface area contributed by atoms with Gasteiger partial charge in [-0.3, -0.25) is 0 Å². The van der Waals surface area contributed by atoms with Gasteiger partial charge in [-0.2, -0.15) is 5.01 Å². The molecule has 0 amide bonds. The molecular formula is C18H14N6. The van der Waals surface area contributed by atoms with Crippen LogP contribution in [0.3, 0.4) is 0 Å². The first-order valence-electron chi connectivity index (χ1n) is 7.52. The van der Waals surface area contributed by atoms with Gasteiger partial charge in [-0.15, -0.1) is 10.2 Å². The molecule has 2 heterocycles. The van der Waals surface area contributed by atoms with E-state index in [0.717, 1.165) is 17.0 Å². The molecule has 0 aliphatic heterocycles. The number of anilines is 2. The number of para-hydroxylation sites is 1. The highest BCUT2D eigenvalue weighted by molar-refractivity contribution is 5.62. The number of hydrogen-bond donors (Lipinski definition) is 0. The maximum absolute atomic E-state index is 4.53. The van der Waals surface area contributed by atoms with E-state index in [9.17, 15) is 0 Å². The van der Waals surface area contributed by atoms with E-state index in [2.05, 4.69) is 20.4 Å². The van der Waals surface area contributed by atoms with Gasteiger partial charge in [0.05, 0.1) is 11.4 Å². The molecule has 6 heteroatoms. The van der Waals surface area contributed by atoms with Crippen LogP contribution in [0.2, 0.25) is 0 Å². The van der Waals surface area contributed by atoms with Crippen molar-refractivity contribution in [2.45, 2.75) is 0 Å². The topological polar surface area (TPSA) is 58.2 Å². The highest BCUT2D eigenvalue weighted by Crippen LogP contribution is 2.26. The van der Waals surface area contributed by atoms with Crippen molar-refractivity contribution in [2.75, 3.05) is 5.01 Å². The largest absolute Gasteiger partial charge is 0.237 e. The van der Waals surface area contributed by atoms with E-state index in [1.54, 1.807) is 15.7 Å². The molecule has 24 heavy (non-hydrogen) atoms. The van der Waals surface area contributed by atoms with Crippen LogP contribution in [0.4, 0.5) is 17.2 Å². The van der Waals surface area contributed by atoms with Gasteiger partial charge in [-0.05, 0) is 30.3 Å². The molecule has 2 aromatic carbocycles. The van der Waals surface area contributed by atoms with Crippen molar-refractivity contribution in [3.05, 3.63) is 85.2 Å². The zero-order valence-corrected chi connectivity index (χ0v) is 12.8. The summed E-state index contributed by atoms with van der Waals surface area (Å²) in [6.07, 6.45) is 3.59. The SMILES string of the molecule is c1ccc(N=NN(c2ccccc2)c2cc3ncccn3n2)cc1. The van der Waals surface area contributed by atoms with Gasteiger partial charge in [-0.1, -0.05) is 41.6 Å². The van der Waals surface area contributed by atoms with E-state index in [1.807, 2.05) is 79.0 Å². The molecule has 0 bridgehead atoms. The summed E-state index contributed by atoms with van der Waals surface area (Å²) < 4.78 is 1.71. The number of fused-ring (bicyclic) bond motifs is 1. The Kier molecular flexibility index (Phi) is 3.69. The molecule has 4 rings (SSSR count). The van der Waals surface area contributed by atoms with Crippen molar-refractivity contribution in [1.82, 2.24) is 14.6 Å². The Bertz CT molecular complexity index is 929. The summed E-state index contributed by atoms with van der Waals surface area (Å²) in [6.45, 7) is 0. The Morgan fingerprint density at radius 3 is 2.38 bits per heavy atom. The van der Waals surface area contributed by atoms with Crippen molar-refractivity contribution in [3.8, 4) is 0 Å². The predicted molar refractivity (Wildman–Crippen MR) is 92.5 cm³/mol. The molecule has 4 aromatic rings. The molecule has 0 radical (unpaired) electrons. The summed E-state index contributed by atoms with van der Waals surface area (Å²) >= 11 is 0. The number of aromatic nitrogens is 3. The van der Waals surface area contributed by atoms with Gasteiger partial charge < -0.3 is 0 Å². The van der Waals surface area contributed by atoms with Crippen LogP contribution in [0, 0.1) is 0 Å². The second-order valence-corrected chi connectivity index (χ2v) is 5.10. The van der Waals surface area contributed by atoms with Crippen LogP contribution in [0.1, 0.15) is 0 Å². The maximum atomic E-state index is 4.53. The quantitative estimate of drug-likeness (QED) is 0.409. The third-order valence-corrected chi connectivity index (χ3v) is 3.45. The Morgan fingerprint density at radius 1 is 0.875 bits per heavy atom. The first-order valence-corrected chi connectivity index (χ1v) is 7.52. The fourth-order valence-corrected chi connectivity index (χ4v) is 2.31. The van der Waals surface area contributed by atoms with Crippen LogP contribution >= 0.6 is 0 Å². The molecule has 0 aliphatic carbocycles. The van der Waals surface area contributed by atoms with Gasteiger partial charge in [-0.25, -0.2) is 9.50 Å². The lowest BCUT2D eigenvalue weighted by Crippen LogP contribution is -2.08. The minimum absolute atomic E-state index is 0.652. The van der Waals surface area contributed by atoms with Gasteiger partial charge >= 0.3 is 0 Å². The highest BCUT2D eigenvalue weighted by atomic mass is 15.6. The highest BCUT2D eigenvalue weighted by Gasteiger charge is 2.13. The number of rotatable bonds is 4. The number of nitrogens with zero attached hydrogens (tertiary/aromatic N) is 6. The second kappa shape index (κ2) is 6.29. The van der Waals surface area contributed by atoms with Gasteiger partial charge in [0.25, 0.3) is 0 Å². The average Bonchev–Trinajstić information content (AvgIpc) is 3.07. The monoisotopic (exact) mass is 314 g/mol. The molecule has 0 aliphatic rings. The molecule has 0 saturated carbocycles. The first kappa shape index (κ1) is 14.1. The van der Waals surface area contributed by atoms with Crippen molar-refractivity contribution < 1.29 is 0 Å². The summed E-state index contributed by atoms with van der Waals surface area (Å²) in [5.41, 5.74) is 2.41. The molecule has 0 fully saturated rings. The molecular weight excluding hydrogens is 300 g/mol. The van der Waals surface area contributed by atoms with Crippen LogP contribution in [0.15, 0.2) is 95.5 Å². The fourth-order valence-electron chi connectivity index (χ4n) is 2.31. The average molecular weight is 314 g/mol. The molecule has 6 nitrogen and oxygen atoms in total. The first-order chi connectivity index (χ1) is 11.9. The maximum Gasteiger partial charge on any atom is 0.180 e. The minimum Gasteiger partial charge on any atom is -0.237 e. The van der Waals surface area contributed by atoms with Gasteiger partial charge in [0, 0.05) is 18.5 Å². The minimum atomic E-state index is 0.652. The van der Waals surface area contributed by atoms with Crippen molar-refractivity contribution in [1.29, 1.82) is 0 Å². The molecule has 0 atom stereocenters. The Hall–Kier alpha value is -3.54. The van der Waals surface area contributed by atoms with E-state index < -0.39 is 0 Å². The second-order valence-electron chi connectivity index (χ2n) is 5.10. The van der Waals surface area contributed by atoms with Crippen LogP contribution in [0.5, 0.6) is 0 Å². The lowest BCUT2D eigenvalue weighted by molar-refractivity contribution is 0.887. The van der Waals surface area contributed by atoms with E-state index in [-0.39, 0.29) is 0 Å². The van der Waals surface area contributed by atoms with E-state index in [1.165, 1.54) is 0 Å². The van der Waals surface area contributed by atoms with Crippen molar-refractivity contribution in [3.63, 3.8) is 0 Å². The van der Waals surface area contributed by atoms with Crippen LogP contribution in [-0.4, -0.2) is 14.6 Å². The summed E-state index contributed by atoms with van der Waals surface area (Å²) in [5, 5.41) is 14.9. The molecule has 0 unspecified atom stereocenters. The van der Waals surface area contributed by atoms with Crippen LogP contribution in [-0.2, 0) is 0 Å². The fraction of sp³-hybridized carbons (Fsp3) is 0. The Labute approximate surface area is 138 Å². The summed E-state index contributed by atoms with van der Waals surface area (Å²) in [5.74, 6) is 0.652. The molecule has 2 aromatic heterocycles. The Morgan fingerprint density at radius 2 is 1.62 bits per heavy atom. The molecule has 0 N–H and O–H groups in total. The predicted octanol–water partition coefficient (Wildman–Crippen LogP) is 4.57. The van der Waals surface area contributed by atoms with Crippen LogP contribution in [0.25, 0.3) is 5.65 Å². The zero-order chi connectivity index (χ0) is 16.2. The van der Waals surface area contributed by atoms with Crippen molar-refractivity contribution in [2.24, 2.45) is 10.3 Å². The number of hydrogen-bond acceptors (Lipinski definition) is 4. The zero-order valence-electron chi connectivity index (χ0n) is 12.8. The van der Waals surface area contributed by atoms with E-state index >= 15 is 0 Å².